The predicted molar refractivity (Wildman–Crippen MR) is 120 cm³/mol. The summed E-state index contributed by atoms with van der Waals surface area (Å²) in [7, 11) is 0. The molecule has 0 aliphatic rings. The second kappa shape index (κ2) is 12.2. The molecule has 16 heteroatoms. The van der Waals surface area contributed by atoms with Crippen molar-refractivity contribution in [3.8, 4) is 0 Å². The van der Waals surface area contributed by atoms with Crippen molar-refractivity contribution < 1.29 is 54.2 Å². The standard InChI is InChI=1S/C21H14ClF6N3O.C2HF3O2/c22-15-5-1-2-6-16(15)30-19(32)31-17(12-7-9-13(10-8-12)20(23,24)25)18-14(21(26,27)28)4-3-11-29-18;3-2(4,5)1(6)7/h1-11,17H,(H2,30,31,32);(H,6,7)/t17-;/m0./s1. The van der Waals surface area contributed by atoms with Crippen LogP contribution in [0.1, 0.15) is 28.4 Å². The monoisotopic (exact) mass is 587 g/mol. The van der Waals surface area contributed by atoms with Crippen LogP contribution in [0.4, 0.5) is 50.0 Å². The quantitative estimate of drug-likeness (QED) is 0.279. The van der Waals surface area contributed by atoms with E-state index in [-0.39, 0.29) is 16.3 Å². The number of hydrogen-bond acceptors (Lipinski definition) is 3. The molecule has 1 aromatic heterocycles. The van der Waals surface area contributed by atoms with Crippen molar-refractivity contribution in [2.24, 2.45) is 0 Å². The van der Waals surface area contributed by atoms with Crippen LogP contribution >= 0.6 is 11.6 Å². The van der Waals surface area contributed by atoms with E-state index in [1.807, 2.05) is 0 Å². The number of urea groups is 1. The van der Waals surface area contributed by atoms with E-state index in [0.717, 1.165) is 30.5 Å². The van der Waals surface area contributed by atoms with Crippen molar-refractivity contribution in [3.63, 3.8) is 0 Å². The van der Waals surface area contributed by atoms with Gasteiger partial charge in [0.2, 0.25) is 0 Å². The van der Waals surface area contributed by atoms with Crippen molar-refractivity contribution in [3.05, 3.63) is 94.3 Å². The fraction of sp³-hybridized carbons (Fsp3) is 0.174. The van der Waals surface area contributed by atoms with Gasteiger partial charge in [-0.1, -0.05) is 35.9 Å². The van der Waals surface area contributed by atoms with Gasteiger partial charge in [0.05, 0.1) is 33.6 Å². The lowest BCUT2D eigenvalue weighted by molar-refractivity contribution is -0.192. The van der Waals surface area contributed by atoms with E-state index in [2.05, 4.69) is 15.6 Å². The van der Waals surface area contributed by atoms with Gasteiger partial charge in [0.1, 0.15) is 0 Å². The molecule has 210 valence electrons. The SMILES string of the molecule is O=C(Nc1ccccc1Cl)N[C@@H](c1ccc(C(F)(F)F)cc1)c1ncccc1C(F)(F)F.O=C(O)C(F)(F)F. The zero-order valence-corrected chi connectivity index (χ0v) is 19.7. The third kappa shape index (κ3) is 9.05. The Balaban J connectivity index is 0.000000673. The molecule has 3 rings (SSSR count). The maximum Gasteiger partial charge on any atom is 0.490 e. The van der Waals surface area contributed by atoms with Gasteiger partial charge in [-0.05, 0) is 42.0 Å². The molecule has 0 saturated carbocycles. The number of benzene rings is 2. The first-order chi connectivity index (χ1) is 17.9. The molecule has 0 aliphatic heterocycles. The van der Waals surface area contributed by atoms with Crippen molar-refractivity contribution in [2.75, 3.05) is 5.32 Å². The van der Waals surface area contributed by atoms with Crippen LogP contribution < -0.4 is 10.6 Å². The Bertz CT molecular complexity index is 1290. The lowest BCUT2D eigenvalue weighted by atomic mass is 9.98. The average Bonchev–Trinajstić information content (AvgIpc) is 2.83. The van der Waals surface area contributed by atoms with Gasteiger partial charge < -0.3 is 15.7 Å². The summed E-state index contributed by atoms with van der Waals surface area (Å²) in [5.41, 5.74) is -2.54. The number of carbonyl (C=O) groups is 2. The number of aromatic nitrogens is 1. The Labute approximate surface area is 218 Å². The molecule has 0 bridgehead atoms. The van der Waals surface area contributed by atoms with Gasteiger partial charge in [-0.3, -0.25) is 4.98 Å². The Kier molecular flexibility index (Phi) is 9.79. The molecule has 2 amide bonds. The van der Waals surface area contributed by atoms with E-state index in [1.165, 1.54) is 12.1 Å². The minimum atomic E-state index is -5.08. The minimum Gasteiger partial charge on any atom is -0.475 e. The van der Waals surface area contributed by atoms with Crippen LogP contribution in [0.3, 0.4) is 0 Å². The van der Waals surface area contributed by atoms with Crippen LogP contribution in [0.15, 0.2) is 66.9 Å². The van der Waals surface area contributed by atoms with Gasteiger partial charge in [0.25, 0.3) is 0 Å². The molecule has 0 aliphatic carbocycles. The Morgan fingerprint density at radius 2 is 1.38 bits per heavy atom. The number of carbonyl (C=O) groups excluding carboxylic acids is 1. The number of alkyl halides is 9. The van der Waals surface area contributed by atoms with Gasteiger partial charge in [-0.2, -0.15) is 39.5 Å². The van der Waals surface area contributed by atoms with Crippen LogP contribution in [0.2, 0.25) is 5.02 Å². The van der Waals surface area contributed by atoms with E-state index in [0.29, 0.717) is 12.1 Å². The summed E-state index contributed by atoms with van der Waals surface area (Å²) in [6, 6.07) is 8.96. The van der Waals surface area contributed by atoms with E-state index in [4.69, 9.17) is 21.5 Å². The van der Waals surface area contributed by atoms with Gasteiger partial charge in [0.15, 0.2) is 0 Å². The summed E-state index contributed by atoms with van der Waals surface area (Å²) in [6.45, 7) is 0. The third-order valence-electron chi connectivity index (χ3n) is 4.63. The summed E-state index contributed by atoms with van der Waals surface area (Å²) in [5.74, 6) is -2.76. The Morgan fingerprint density at radius 1 is 0.821 bits per heavy atom. The molecule has 3 N–H and O–H groups in total. The second-order valence-electron chi connectivity index (χ2n) is 7.37. The predicted octanol–water partition coefficient (Wildman–Crippen LogP) is 7.32. The van der Waals surface area contributed by atoms with E-state index in [1.54, 1.807) is 12.1 Å². The maximum atomic E-state index is 13.5. The van der Waals surface area contributed by atoms with E-state index in [9.17, 15) is 44.3 Å². The number of rotatable bonds is 4. The fourth-order valence-electron chi connectivity index (χ4n) is 2.91. The van der Waals surface area contributed by atoms with Crippen LogP contribution in [0.5, 0.6) is 0 Å². The fourth-order valence-corrected chi connectivity index (χ4v) is 3.10. The first-order valence-corrected chi connectivity index (χ1v) is 10.6. The van der Waals surface area contributed by atoms with E-state index < -0.39 is 53.4 Å². The highest BCUT2D eigenvalue weighted by Crippen LogP contribution is 2.36. The van der Waals surface area contributed by atoms with Gasteiger partial charge in [-0.15, -0.1) is 0 Å². The van der Waals surface area contributed by atoms with Crippen molar-refractivity contribution >= 4 is 29.3 Å². The molecule has 3 aromatic rings. The first-order valence-electron chi connectivity index (χ1n) is 10.2. The smallest absolute Gasteiger partial charge is 0.475 e. The molecule has 6 nitrogen and oxygen atoms in total. The number of anilines is 1. The minimum absolute atomic E-state index is 0.0310. The lowest BCUT2D eigenvalue weighted by Crippen LogP contribution is -2.35. The molecule has 1 heterocycles. The summed E-state index contributed by atoms with van der Waals surface area (Å²) in [5, 5.41) is 12.1. The zero-order valence-electron chi connectivity index (χ0n) is 18.9. The number of hydrogen-bond donors (Lipinski definition) is 3. The van der Waals surface area contributed by atoms with Crippen LogP contribution in [0, 0.1) is 0 Å². The molecule has 0 saturated heterocycles. The lowest BCUT2D eigenvalue weighted by Gasteiger charge is -2.23. The number of amides is 2. The molecule has 0 radical (unpaired) electrons. The third-order valence-corrected chi connectivity index (χ3v) is 4.96. The summed E-state index contributed by atoms with van der Waals surface area (Å²) in [4.78, 5) is 25.2. The Hall–Kier alpha value is -4.01. The molecular formula is C23H15ClF9N3O3. The molecule has 0 spiro atoms. The number of halogens is 10. The second-order valence-corrected chi connectivity index (χ2v) is 7.78. The topological polar surface area (TPSA) is 91.3 Å². The summed E-state index contributed by atoms with van der Waals surface area (Å²) < 4.78 is 111. The number of aliphatic carboxylic acids is 1. The van der Waals surface area contributed by atoms with Crippen LogP contribution in [-0.2, 0) is 17.1 Å². The molecule has 0 fully saturated rings. The number of pyridine rings is 1. The van der Waals surface area contributed by atoms with Crippen LogP contribution in [0.25, 0.3) is 0 Å². The number of nitrogens with one attached hydrogen (secondary N) is 2. The first kappa shape index (κ1) is 31.2. The van der Waals surface area contributed by atoms with Gasteiger partial charge >= 0.3 is 30.5 Å². The maximum absolute atomic E-state index is 13.5. The molecular weight excluding hydrogens is 573 g/mol. The van der Waals surface area contributed by atoms with Gasteiger partial charge in [-0.25, -0.2) is 9.59 Å². The molecule has 39 heavy (non-hydrogen) atoms. The summed E-state index contributed by atoms with van der Waals surface area (Å²) in [6.07, 6.45) is -13.4. The highest BCUT2D eigenvalue weighted by Gasteiger charge is 2.39. The normalized spacial score (nSPS) is 12.6. The zero-order chi connectivity index (χ0) is 29.6. The largest absolute Gasteiger partial charge is 0.490 e. The number of nitrogens with zero attached hydrogens (tertiary/aromatic N) is 1. The molecule has 0 unspecified atom stereocenters. The highest BCUT2D eigenvalue weighted by atomic mass is 35.5. The van der Waals surface area contributed by atoms with Crippen LogP contribution in [-0.4, -0.2) is 28.3 Å². The van der Waals surface area contributed by atoms with E-state index >= 15 is 0 Å². The van der Waals surface area contributed by atoms with Crippen molar-refractivity contribution in [1.82, 2.24) is 10.3 Å². The average molecular weight is 588 g/mol. The van der Waals surface area contributed by atoms with Crippen molar-refractivity contribution in [1.29, 1.82) is 0 Å². The molecule has 1 atom stereocenters. The highest BCUT2D eigenvalue weighted by molar-refractivity contribution is 6.33. The summed E-state index contributed by atoms with van der Waals surface area (Å²) >= 11 is 5.97. The number of carboxylic acid groups (broad SMARTS) is 1. The van der Waals surface area contributed by atoms with Crippen molar-refractivity contribution in [2.45, 2.75) is 24.6 Å². The van der Waals surface area contributed by atoms with Gasteiger partial charge in [0, 0.05) is 6.20 Å². The number of para-hydroxylation sites is 1. The Morgan fingerprint density at radius 3 is 1.87 bits per heavy atom. The molecule has 2 aromatic carbocycles. The number of carboxylic acids is 1.